The van der Waals surface area contributed by atoms with Crippen LogP contribution in [0.3, 0.4) is 0 Å². The molecule has 1 aliphatic carbocycles. The first-order chi connectivity index (χ1) is 7.96. The van der Waals surface area contributed by atoms with Gasteiger partial charge in [0.25, 0.3) is 0 Å². The van der Waals surface area contributed by atoms with Gasteiger partial charge in [-0.2, -0.15) is 52.7 Å². The van der Waals surface area contributed by atoms with Crippen molar-refractivity contribution in [2.24, 2.45) is 0 Å². The molecule has 0 radical (unpaired) electrons. The Morgan fingerprint density at radius 1 is 0.368 bits per heavy atom. The molecular formula is C7H2F12. The minimum Gasteiger partial charge on any atom is -0.199 e. The van der Waals surface area contributed by atoms with Gasteiger partial charge < -0.3 is 0 Å². The first-order valence-electron chi connectivity index (χ1n) is 4.22. The molecule has 114 valence electrons. The molecule has 1 rings (SSSR count). The average molecular weight is 314 g/mol. The molecule has 1 aliphatic rings. The van der Waals surface area contributed by atoms with Gasteiger partial charge in [-0.25, -0.2) is 0 Å². The lowest BCUT2D eigenvalue weighted by molar-refractivity contribution is -0.397. The van der Waals surface area contributed by atoms with Crippen molar-refractivity contribution in [3.63, 3.8) is 0 Å². The zero-order chi connectivity index (χ0) is 15.7. The molecule has 0 aliphatic heterocycles. The van der Waals surface area contributed by atoms with Crippen LogP contribution in [-0.4, -0.2) is 35.5 Å². The van der Waals surface area contributed by atoms with E-state index in [0.717, 1.165) is 0 Å². The molecular weight excluding hydrogens is 312 g/mol. The van der Waals surface area contributed by atoms with Crippen molar-refractivity contribution in [3.05, 3.63) is 0 Å². The Hall–Kier alpha value is -0.840. The lowest BCUT2D eigenvalue weighted by Crippen LogP contribution is -2.66. The van der Waals surface area contributed by atoms with Gasteiger partial charge in [-0.1, -0.05) is 0 Å². The van der Waals surface area contributed by atoms with Gasteiger partial charge in [0.05, 0.1) is 6.42 Å². The fourth-order valence-corrected chi connectivity index (χ4v) is 1.35. The van der Waals surface area contributed by atoms with E-state index in [1.165, 1.54) is 0 Å². The van der Waals surface area contributed by atoms with Crippen LogP contribution in [-0.2, 0) is 0 Å². The van der Waals surface area contributed by atoms with Crippen molar-refractivity contribution in [2.75, 3.05) is 0 Å². The summed E-state index contributed by atoms with van der Waals surface area (Å²) < 4.78 is 151. The maximum absolute atomic E-state index is 12.6. The molecule has 1 fully saturated rings. The monoisotopic (exact) mass is 314 g/mol. The molecule has 0 atom stereocenters. The van der Waals surface area contributed by atoms with E-state index in [2.05, 4.69) is 0 Å². The first-order valence-corrected chi connectivity index (χ1v) is 4.22. The first kappa shape index (κ1) is 16.2. The summed E-state index contributed by atoms with van der Waals surface area (Å²) >= 11 is 0. The van der Waals surface area contributed by atoms with Crippen molar-refractivity contribution < 1.29 is 52.7 Å². The topological polar surface area (TPSA) is 0 Å². The molecule has 0 bridgehead atoms. The Morgan fingerprint density at radius 3 is 0.789 bits per heavy atom. The summed E-state index contributed by atoms with van der Waals surface area (Å²) in [6.07, 6.45) is -3.84. The summed E-state index contributed by atoms with van der Waals surface area (Å²) in [5.41, 5.74) is 0. The van der Waals surface area contributed by atoms with Crippen molar-refractivity contribution in [1.29, 1.82) is 0 Å². The average Bonchev–Trinajstić information content (AvgIpc) is 2.14. The Balaban J connectivity index is 3.70. The second-order valence-electron chi connectivity index (χ2n) is 3.88. The standard InChI is InChI=1S/C7H2F12/c8-2(9)1-3(10,11)5(14,15)7(18,19)6(16,17)4(2,12)13/h1H2. The summed E-state index contributed by atoms with van der Waals surface area (Å²) in [7, 11) is 0. The highest BCUT2D eigenvalue weighted by Gasteiger charge is 2.94. The summed E-state index contributed by atoms with van der Waals surface area (Å²) in [5, 5.41) is 0. The largest absolute Gasteiger partial charge is 0.384 e. The van der Waals surface area contributed by atoms with Crippen LogP contribution in [0.4, 0.5) is 52.7 Å². The summed E-state index contributed by atoms with van der Waals surface area (Å²) in [6, 6.07) is 0. The minimum atomic E-state index is -7.37. The van der Waals surface area contributed by atoms with E-state index >= 15 is 0 Å². The van der Waals surface area contributed by atoms with Gasteiger partial charge in [0, 0.05) is 0 Å². The molecule has 1 saturated carbocycles. The molecule has 0 aromatic rings. The van der Waals surface area contributed by atoms with Gasteiger partial charge >= 0.3 is 35.5 Å². The normalized spacial score (nSPS) is 33.5. The van der Waals surface area contributed by atoms with Crippen molar-refractivity contribution in [3.8, 4) is 0 Å². The SMILES string of the molecule is FC1(F)CC(F)(F)C(F)(F)C(F)(F)C(F)(F)C1(F)F. The zero-order valence-corrected chi connectivity index (χ0v) is 8.24. The smallest absolute Gasteiger partial charge is 0.199 e. The van der Waals surface area contributed by atoms with E-state index < -0.39 is 42.0 Å². The highest BCUT2D eigenvalue weighted by molar-refractivity contribution is 5.16. The maximum atomic E-state index is 12.6. The summed E-state index contributed by atoms with van der Waals surface area (Å²) in [5.74, 6) is -41.8. The van der Waals surface area contributed by atoms with E-state index in [1.54, 1.807) is 0 Å². The fraction of sp³-hybridized carbons (Fsp3) is 1.00. The molecule has 0 aromatic heterocycles. The third-order valence-corrected chi connectivity index (χ3v) is 2.55. The van der Waals surface area contributed by atoms with Crippen LogP contribution in [0.1, 0.15) is 6.42 Å². The van der Waals surface area contributed by atoms with Crippen LogP contribution in [0.2, 0.25) is 0 Å². The Labute approximate surface area is 95.9 Å². The van der Waals surface area contributed by atoms with Crippen LogP contribution in [0.15, 0.2) is 0 Å². The highest BCUT2D eigenvalue weighted by Crippen LogP contribution is 2.65. The van der Waals surface area contributed by atoms with Crippen LogP contribution < -0.4 is 0 Å². The number of halogens is 12. The van der Waals surface area contributed by atoms with Crippen LogP contribution in [0.5, 0.6) is 0 Å². The highest BCUT2D eigenvalue weighted by atomic mass is 19.4. The molecule has 0 N–H and O–H groups in total. The molecule has 0 spiro atoms. The minimum absolute atomic E-state index is 3.84. The quantitative estimate of drug-likeness (QED) is 0.464. The lowest BCUT2D eigenvalue weighted by Gasteiger charge is -2.35. The third-order valence-electron chi connectivity index (χ3n) is 2.55. The maximum Gasteiger partial charge on any atom is 0.384 e. The predicted octanol–water partition coefficient (Wildman–Crippen LogP) is 4.20. The van der Waals surface area contributed by atoms with E-state index in [1.807, 2.05) is 0 Å². The summed E-state index contributed by atoms with van der Waals surface area (Å²) in [4.78, 5) is 0. The number of alkyl halides is 12. The van der Waals surface area contributed by atoms with Crippen molar-refractivity contribution in [1.82, 2.24) is 0 Å². The molecule has 0 saturated heterocycles. The van der Waals surface area contributed by atoms with Gasteiger partial charge in [0.15, 0.2) is 0 Å². The predicted molar refractivity (Wildman–Crippen MR) is 34.3 cm³/mol. The third kappa shape index (κ3) is 1.57. The van der Waals surface area contributed by atoms with Gasteiger partial charge in [-0.15, -0.1) is 0 Å². The Bertz CT molecular complexity index is 344. The number of rotatable bonds is 0. The number of hydrogen-bond acceptors (Lipinski definition) is 0. The molecule has 12 heteroatoms. The van der Waals surface area contributed by atoms with Gasteiger partial charge in [-0.3, -0.25) is 0 Å². The van der Waals surface area contributed by atoms with Gasteiger partial charge in [-0.05, 0) is 0 Å². The lowest BCUT2D eigenvalue weighted by atomic mass is 9.99. The Kier molecular flexibility index (Phi) is 2.92. The molecule has 0 amide bonds. The molecule has 19 heavy (non-hydrogen) atoms. The second-order valence-corrected chi connectivity index (χ2v) is 3.88. The van der Waals surface area contributed by atoms with E-state index in [-0.39, 0.29) is 0 Å². The van der Waals surface area contributed by atoms with Crippen LogP contribution in [0, 0.1) is 0 Å². The second kappa shape index (κ2) is 3.43. The van der Waals surface area contributed by atoms with E-state index in [4.69, 9.17) is 0 Å². The van der Waals surface area contributed by atoms with Crippen LogP contribution in [0.25, 0.3) is 0 Å². The van der Waals surface area contributed by atoms with Gasteiger partial charge in [0.1, 0.15) is 0 Å². The molecule has 0 heterocycles. The van der Waals surface area contributed by atoms with Crippen molar-refractivity contribution >= 4 is 0 Å². The molecule has 0 unspecified atom stereocenters. The molecule has 0 nitrogen and oxygen atoms in total. The van der Waals surface area contributed by atoms with Crippen molar-refractivity contribution in [2.45, 2.75) is 42.0 Å². The van der Waals surface area contributed by atoms with E-state index in [9.17, 15) is 52.7 Å². The summed E-state index contributed by atoms with van der Waals surface area (Å²) in [6.45, 7) is 0. The van der Waals surface area contributed by atoms with E-state index in [0.29, 0.717) is 0 Å². The fourth-order valence-electron chi connectivity index (χ4n) is 1.35. The Morgan fingerprint density at radius 2 is 0.579 bits per heavy atom. The molecule has 0 aromatic carbocycles. The number of hydrogen-bond donors (Lipinski definition) is 0. The zero-order valence-electron chi connectivity index (χ0n) is 8.24. The van der Waals surface area contributed by atoms with Gasteiger partial charge in [0.2, 0.25) is 0 Å². The van der Waals surface area contributed by atoms with Crippen LogP contribution >= 0.6 is 0 Å².